The van der Waals surface area contributed by atoms with Crippen LogP contribution >= 0.6 is 35.2 Å². The number of nitrogens with one attached hydrogen (secondary N) is 2. The van der Waals surface area contributed by atoms with Gasteiger partial charge in [0.1, 0.15) is 42.9 Å². The van der Waals surface area contributed by atoms with E-state index in [2.05, 4.69) is 34.4 Å². The summed E-state index contributed by atoms with van der Waals surface area (Å²) in [7, 11) is -16.4. The lowest BCUT2D eigenvalue weighted by atomic mass is 9.87. The van der Waals surface area contributed by atoms with E-state index < -0.39 is 102 Å². The first-order chi connectivity index (χ1) is 25.4. The number of imidazole rings is 1. The van der Waals surface area contributed by atoms with Crippen LogP contribution < -0.4 is 16.4 Å². The normalized spacial score (nSPS) is 22.4. The van der Waals surface area contributed by atoms with E-state index in [0.29, 0.717) is 0 Å². The molecule has 11 N–H and O–H groups in total. The predicted octanol–water partition coefficient (Wildman–Crippen LogP) is -1.61. The predicted molar refractivity (Wildman–Crippen MR) is 184 cm³/mol. The Balaban J connectivity index is 1.49. The number of aromatic nitrogens is 4. The van der Waals surface area contributed by atoms with Gasteiger partial charge < -0.3 is 56.0 Å². The van der Waals surface area contributed by atoms with Crippen molar-refractivity contribution < 1.29 is 90.0 Å². The number of carbonyl (C=O) groups is 3. The zero-order chi connectivity index (χ0) is 41.4. The number of anilines is 1. The van der Waals surface area contributed by atoms with E-state index in [1.807, 2.05) is 0 Å². The number of aliphatic hydroxyl groups is 3. The molecule has 1 aliphatic heterocycles. The topological polar surface area (TPSA) is 384 Å². The first-order valence-corrected chi connectivity index (χ1v) is 21.2. The minimum Gasteiger partial charge on any atom is -0.390 e. The van der Waals surface area contributed by atoms with Crippen molar-refractivity contribution in [1.29, 1.82) is 0 Å². The molecule has 2 aromatic heterocycles. The van der Waals surface area contributed by atoms with Gasteiger partial charge in [0.15, 0.2) is 22.8 Å². The van der Waals surface area contributed by atoms with Gasteiger partial charge in [-0.15, -0.1) is 0 Å². The smallest absolute Gasteiger partial charge is 0.390 e. The Hall–Kier alpha value is -2.55. The summed E-state index contributed by atoms with van der Waals surface area (Å²) in [5.41, 5.74) is 4.19. The molecule has 25 nitrogen and oxygen atoms in total. The van der Waals surface area contributed by atoms with Gasteiger partial charge in [0, 0.05) is 37.1 Å². The summed E-state index contributed by atoms with van der Waals surface area (Å²) in [4.78, 5) is 86.8. The number of thioether (sulfide) groups is 1. The van der Waals surface area contributed by atoms with Crippen LogP contribution in [0.25, 0.3) is 11.2 Å². The van der Waals surface area contributed by atoms with Gasteiger partial charge in [-0.25, -0.2) is 33.0 Å². The molecule has 2 amide bonds. The van der Waals surface area contributed by atoms with E-state index in [4.69, 9.17) is 24.6 Å². The summed E-state index contributed by atoms with van der Waals surface area (Å²) >= 11 is 0.787. The second-order valence-electron chi connectivity index (χ2n) is 12.3. The monoisotopic (exact) mass is 871 g/mol. The van der Waals surface area contributed by atoms with Crippen molar-refractivity contribution in [1.82, 2.24) is 30.2 Å². The van der Waals surface area contributed by atoms with Crippen molar-refractivity contribution in [3.63, 3.8) is 0 Å². The average molecular weight is 872 g/mol. The fraction of sp³-hybridized carbons (Fsp3) is 0.680. The maximum absolute atomic E-state index is 12.6. The number of phosphoric acid groups is 3. The number of hydrogen-bond donors (Lipinski definition) is 10. The molecule has 0 aliphatic carbocycles. The molecule has 1 saturated heterocycles. The Morgan fingerprint density at radius 2 is 1.75 bits per heavy atom. The number of fused-ring (bicyclic) bond motifs is 1. The highest BCUT2D eigenvalue weighted by Gasteiger charge is 2.50. The number of alkyl halides is 1. The van der Waals surface area contributed by atoms with E-state index in [-0.39, 0.29) is 48.7 Å². The molecular weight excluding hydrogens is 830 g/mol. The molecule has 0 radical (unpaired) electrons. The number of phosphoric ester groups is 3. The van der Waals surface area contributed by atoms with Gasteiger partial charge in [-0.05, 0) is 0 Å². The van der Waals surface area contributed by atoms with Crippen LogP contribution in [0.1, 0.15) is 32.9 Å². The van der Waals surface area contributed by atoms with Crippen LogP contribution in [0.3, 0.4) is 0 Å². The molecule has 0 aromatic carbocycles. The lowest BCUT2D eigenvalue weighted by Gasteiger charge is -2.30. The van der Waals surface area contributed by atoms with Crippen molar-refractivity contribution in [2.75, 3.05) is 44.5 Å². The zero-order valence-electron chi connectivity index (χ0n) is 28.9. The van der Waals surface area contributed by atoms with Crippen LogP contribution in [0.2, 0.25) is 0 Å². The van der Waals surface area contributed by atoms with Crippen LogP contribution in [0, 0.1) is 5.41 Å². The third-order valence-electron chi connectivity index (χ3n) is 7.35. The van der Waals surface area contributed by atoms with Gasteiger partial charge >= 0.3 is 23.5 Å². The Labute approximate surface area is 314 Å². The van der Waals surface area contributed by atoms with Gasteiger partial charge in [0.2, 0.25) is 11.8 Å². The molecule has 8 atom stereocenters. The van der Waals surface area contributed by atoms with E-state index in [1.165, 1.54) is 13.8 Å². The quantitative estimate of drug-likeness (QED) is 0.0470. The Morgan fingerprint density at radius 3 is 2.40 bits per heavy atom. The second-order valence-corrected chi connectivity index (χ2v) is 17.7. The number of hydrogen-bond acceptors (Lipinski definition) is 19. The Morgan fingerprint density at radius 1 is 1.07 bits per heavy atom. The maximum Gasteiger partial charge on any atom is 0.481 e. The SMILES string of the molecule is CC(C)(COP(=O)(O)OP(=O)(O)OC[C@H]1O[C@@H](n2cnc3c(N)ncnc32)[C@H](O)[C@@H]1OP(=O)(O)O)[C@@H](O)C(=O)NCCC(=O)NCCSC(=O)CC(O)CF. The first-order valence-electron chi connectivity index (χ1n) is 15.7. The molecule has 0 spiro atoms. The molecule has 1 aliphatic rings. The van der Waals surface area contributed by atoms with Crippen molar-refractivity contribution in [2.24, 2.45) is 5.41 Å². The minimum atomic E-state index is -5.59. The van der Waals surface area contributed by atoms with Gasteiger partial charge in [0.25, 0.3) is 0 Å². The fourth-order valence-electron chi connectivity index (χ4n) is 4.60. The number of nitrogens with zero attached hydrogens (tertiary/aromatic N) is 4. The van der Waals surface area contributed by atoms with Crippen LogP contribution in [0.4, 0.5) is 10.2 Å². The van der Waals surface area contributed by atoms with Crippen LogP contribution in [-0.4, -0.2) is 141 Å². The van der Waals surface area contributed by atoms with Gasteiger partial charge in [-0.2, -0.15) is 4.31 Å². The fourth-order valence-corrected chi connectivity index (χ4v) is 8.17. The molecule has 1 fully saturated rings. The highest BCUT2D eigenvalue weighted by Crippen LogP contribution is 2.61. The number of halogens is 1. The lowest BCUT2D eigenvalue weighted by molar-refractivity contribution is -0.137. The van der Waals surface area contributed by atoms with Crippen LogP contribution in [0.5, 0.6) is 0 Å². The van der Waals surface area contributed by atoms with Crippen LogP contribution in [0.15, 0.2) is 12.7 Å². The number of aliphatic hydroxyl groups excluding tert-OH is 3. The van der Waals surface area contributed by atoms with Crippen LogP contribution in [-0.2, 0) is 50.7 Å². The number of amides is 2. The van der Waals surface area contributed by atoms with Gasteiger partial charge in [-0.3, -0.25) is 32.5 Å². The van der Waals surface area contributed by atoms with Gasteiger partial charge in [0.05, 0.1) is 25.6 Å². The summed E-state index contributed by atoms with van der Waals surface area (Å²) in [6.45, 7) is -0.903. The number of nitrogens with two attached hydrogens (primary N) is 1. The molecule has 55 heavy (non-hydrogen) atoms. The summed E-state index contributed by atoms with van der Waals surface area (Å²) in [6, 6.07) is 0. The zero-order valence-corrected chi connectivity index (χ0v) is 32.4. The van der Waals surface area contributed by atoms with E-state index in [1.54, 1.807) is 0 Å². The number of carbonyl (C=O) groups excluding carboxylic acids is 3. The Bertz CT molecular complexity index is 1810. The number of nitrogen functional groups attached to an aromatic ring is 1. The minimum absolute atomic E-state index is 0.0185. The highest BCUT2D eigenvalue weighted by molar-refractivity contribution is 8.13. The molecule has 3 heterocycles. The molecular formula is C25H41FN7O18P3S. The summed E-state index contributed by atoms with van der Waals surface area (Å²) in [6.07, 6.45) is -8.88. The van der Waals surface area contributed by atoms with Crippen molar-refractivity contribution in [3.8, 4) is 0 Å². The third kappa shape index (κ3) is 14.4. The molecule has 3 rings (SSSR count). The van der Waals surface area contributed by atoms with Gasteiger partial charge in [-0.1, -0.05) is 25.6 Å². The van der Waals surface area contributed by atoms with Crippen molar-refractivity contribution in [3.05, 3.63) is 12.7 Å². The molecule has 312 valence electrons. The van der Waals surface area contributed by atoms with Crippen molar-refractivity contribution >= 4 is 69.1 Å². The summed E-state index contributed by atoms with van der Waals surface area (Å²) in [5.74, 6) is -1.47. The number of rotatable bonds is 22. The third-order valence-corrected chi connectivity index (χ3v) is 11.3. The van der Waals surface area contributed by atoms with E-state index in [9.17, 15) is 62.3 Å². The molecule has 30 heteroatoms. The largest absolute Gasteiger partial charge is 0.481 e. The van der Waals surface area contributed by atoms with E-state index >= 15 is 0 Å². The first kappa shape index (κ1) is 46.8. The summed E-state index contributed by atoms with van der Waals surface area (Å²) in [5, 5.41) is 34.8. The van der Waals surface area contributed by atoms with E-state index in [0.717, 1.165) is 29.0 Å². The average Bonchev–Trinajstić information content (AvgIpc) is 3.64. The summed E-state index contributed by atoms with van der Waals surface area (Å²) < 4.78 is 74.1. The van der Waals surface area contributed by atoms with Crippen molar-refractivity contribution in [2.45, 2.75) is 63.4 Å². The number of ether oxygens (including phenoxy) is 1. The lowest BCUT2D eigenvalue weighted by Crippen LogP contribution is -2.46. The Kier molecular flexibility index (Phi) is 16.8. The molecule has 2 aromatic rings. The maximum atomic E-state index is 12.6. The highest BCUT2D eigenvalue weighted by atomic mass is 32.2. The standard InChI is InChI=1S/C25H41FN7O18P3S/c1-25(2,20(38)23(39)29-4-3-15(35)28-5-6-55-16(36)7-13(34)8-26)10-48-54(45,46)51-53(43,44)47-9-14-19(50-52(40,41)42)18(37)24(49-14)33-12-32-17-21(27)30-11-31-22(17)33/h11-14,18-20,24,34,37-38H,3-10H2,1-2H3,(H,28,35)(H,29,39)(H,43,44)(H,45,46)(H2,27,30,31)(H2,40,41,42)/t13?,14-,18-,19-,20+,24-/m1/s1. The molecule has 3 unspecified atom stereocenters. The molecule has 0 bridgehead atoms. The second kappa shape index (κ2) is 19.7. The molecule has 0 saturated carbocycles.